The first-order chi connectivity index (χ1) is 6.25. The van der Waals surface area contributed by atoms with Gasteiger partial charge in [0, 0.05) is 19.6 Å². The minimum Gasteiger partial charge on any atom is -0.392 e. The molecule has 1 N–H and O–H groups in total. The zero-order valence-electron chi connectivity index (χ0n) is 8.28. The summed E-state index contributed by atoms with van der Waals surface area (Å²) >= 11 is 0. The van der Waals surface area contributed by atoms with Crippen LogP contribution in [0.2, 0.25) is 0 Å². The first-order valence-electron chi connectivity index (χ1n) is 5.27. The standard InChI is InChI=1S/C10H19NO2/c1-8-6-11(4-5-13-8)7-10(12)9-2-3-9/h8-10,12H,2-7H2,1H3. The molecule has 3 nitrogen and oxygen atoms in total. The van der Waals surface area contributed by atoms with Crippen molar-refractivity contribution < 1.29 is 9.84 Å². The maximum atomic E-state index is 9.74. The van der Waals surface area contributed by atoms with E-state index in [9.17, 15) is 5.11 Å². The molecule has 2 rings (SSSR count). The SMILES string of the molecule is CC1CN(CC(O)C2CC2)CCO1. The highest BCUT2D eigenvalue weighted by Gasteiger charge is 2.31. The smallest absolute Gasteiger partial charge is 0.0695 e. The van der Waals surface area contributed by atoms with E-state index in [1.54, 1.807) is 0 Å². The highest BCUT2D eigenvalue weighted by molar-refractivity contribution is 4.83. The van der Waals surface area contributed by atoms with E-state index in [-0.39, 0.29) is 6.10 Å². The molecule has 0 bridgehead atoms. The van der Waals surface area contributed by atoms with Crippen LogP contribution in [0.15, 0.2) is 0 Å². The molecule has 1 saturated heterocycles. The van der Waals surface area contributed by atoms with E-state index >= 15 is 0 Å². The predicted octanol–water partition coefficient (Wildman–Crippen LogP) is 0.478. The summed E-state index contributed by atoms with van der Waals surface area (Å²) in [5.74, 6) is 0.596. The number of hydrogen-bond donors (Lipinski definition) is 1. The molecule has 0 spiro atoms. The van der Waals surface area contributed by atoms with Crippen LogP contribution in [0.5, 0.6) is 0 Å². The second-order valence-electron chi connectivity index (χ2n) is 4.35. The number of aliphatic hydroxyl groups is 1. The number of ether oxygens (including phenoxy) is 1. The third-order valence-electron chi connectivity index (χ3n) is 2.94. The van der Waals surface area contributed by atoms with Crippen molar-refractivity contribution in [3.63, 3.8) is 0 Å². The Labute approximate surface area is 79.7 Å². The highest BCUT2D eigenvalue weighted by atomic mass is 16.5. The van der Waals surface area contributed by atoms with Crippen LogP contribution < -0.4 is 0 Å². The molecule has 3 heteroatoms. The molecule has 0 radical (unpaired) electrons. The van der Waals surface area contributed by atoms with E-state index in [0.29, 0.717) is 12.0 Å². The van der Waals surface area contributed by atoms with Gasteiger partial charge in [-0.3, -0.25) is 4.90 Å². The molecule has 2 atom stereocenters. The first-order valence-corrected chi connectivity index (χ1v) is 5.27. The average Bonchev–Trinajstić information content (AvgIpc) is 2.85. The monoisotopic (exact) mass is 185 g/mol. The highest BCUT2D eigenvalue weighted by Crippen LogP contribution is 2.32. The van der Waals surface area contributed by atoms with E-state index in [0.717, 1.165) is 26.2 Å². The summed E-state index contributed by atoms with van der Waals surface area (Å²) in [6.45, 7) is 5.71. The van der Waals surface area contributed by atoms with Gasteiger partial charge in [0.15, 0.2) is 0 Å². The molecule has 1 aliphatic heterocycles. The van der Waals surface area contributed by atoms with E-state index in [1.165, 1.54) is 12.8 Å². The molecule has 2 fully saturated rings. The predicted molar refractivity (Wildman–Crippen MR) is 50.6 cm³/mol. The number of morpholine rings is 1. The van der Waals surface area contributed by atoms with Crippen molar-refractivity contribution in [2.45, 2.75) is 32.0 Å². The molecular weight excluding hydrogens is 166 g/mol. The Morgan fingerprint density at radius 2 is 2.31 bits per heavy atom. The quantitative estimate of drug-likeness (QED) is 0.694. The van der Waals surface area contributed by atoms with Gasteiger partial charge in [0.1, 0.15) is 0 Å². The maximum absolute atomic E-state index is 9.74. The lowest BCUT2D eigenvalue weighted by molar-refractivity contribution is -0.0338. The largest absolute Gasteiger partial charge is 0.392 e. The Morgan fingerprint density at radius 1 is 1.54 bits per heavy atom. The maximum Gasteiger partial charge on any atom is 0.0695 e. The van der Waals surface area contributed by atoms with E-state index in [1.807, 2.05) is 0 Å². The first kappa shape index (κ1) is 9.44. The van der Waals surface area contributed by atoms with Gasteiger partial charge < -0.3 is 9.84 Å². The zero-order chi connectivity index (χ0) is 9.26. The van der Waals surface area contributed by atoms with Crippen LogP contribution >= 0.6 is 0 Å². The molecular formula is C10H19NO2. The summed E-state index contributed by atoms with van der Waals surface area (Å²) < 4.78 is 5.44. The van der Waals surface area contributed by atoms with Crippen molar-refractivity contribution in [3.05, 3.63) is 0 Å². The number of hydrogen-bond acceptors (Lipinski definition) is 3. The van der Waals surface area contributed by atoms with Crippen molar-refractivity contribution >= 4 is 0 Å². The molecule has 0 aromatic rings. The average molecular weight is 185 g/mol. The lowest BCUT2D eigenvalue weighted by atomic mass is 10.2. The van der Waals surface area contributed by atoms with Gasteiger partial charge in [-0.15, -0.1) is 0 Å². The fraction of sp³-hybridized carbons (Fsp3) is 1.00. The summed E-state index contributed by atoms with van der Waals surface area (Å²) in [6, 6.07) is 0. The van der Waals surface area contributed by atoms with Gasteiger partial charge >= 0.3 is 0 Å². The van der Waals surface area contributed by atoms with Gasteiger partial charge in [0.25, 0.3) is 0 Å². The Balaban J connectivity index is 1.73. The third-order valence-corrected chi connectivity index (χ3v) is 2.94. The second-order valence-corrected chi connectivity index (χ2v) is 4.35. The van der Waals surface area contributed by atoms with E-state index in [4.69, 9.17) is 4.74 Å². The molecule has 13 heavy (non-hydrogen) atoms. The lowest BCUT2D eigenvalue weighted by Gasteiger charge is -2.32. The van der Waals surface area contributed by atoms with Crippen molar-refractivity contribution in [3.8, 4) is 0 Å². The second kappa shape index (κ2) is 3.95. The van der Waals surface area contributed by atoms with Crippen LogP contribution in [0.25, 0.3) is 0 Å². The Morgan fingerprint density at radius 3 is 2.92 bits per heavy atom. The Kier molecular flexibility index (Phi) is 2.86. The Hall–Kier alpha value is -0.120. The molecule has 0 aromatic carbocycles. The third kappa shape index (κ3) is 2.66. The summed E-state index contributed by atoms with van der Waals surface area (Å²) in [6.07, 6.45) is 2.69. The van der Waals surface area contributed by atoms with Gasteiger partial charge in [-0.25, -0.2) is 0 Å². The molecule has 0 amide bonds. The normalized spacial score (nSPS) is 33.2. The summed E-state index contributed by atoms with van der Waals surface area (Å²) in [7, 11) is 0. The molecule has 76 valence electrons. The summed E-state index contributed by atoms with van der Waals surface area (Å²) in [4.78, 5) is 2.32. The van der Waals surface area contributed by atoms with Gasteiger partial charge in [-0.2, -0.15) is 0 Å². The van der Waals surface area contributed by atoms with Gasteiger partial charge in [-0.05, 0) is 25.7 Å². The Bertz CT molecular complexity index is 170. The number of nitrogens with zero attached hydrogens (tertiary/aromatic N) is 1. The van der Waals surface area contributed by atoms with Crippen molar-refractivity contribution in [2.75, 3.05) is 26.2 Å². The van der Waals surface area contributed by atoms with Gasteiger partial charge in [0.05, 0.1) is 18.8 Å². The zero-order valence-corrected chi connectivity index (χ0v) is 8.28. The molecule has 1 heterocycles. The minimum atomic E-state index is -0.0923. The number of rotatable bonds is 3. The van der Waals surface area contributed by atoms with Crippen LogP contribution in [-0.2, 0) is 4.74 Å². The topological polar surface area (TPSA) is 32.7 Å². The van der Waals surface area contributed by atoms with Crippen molar-refractivity contribution in [2.24, 2.45) is 5.92 Å². The van der Waals surface area contributed by atoms with Crippen molar-refractivity contribution in [1.82, 2.24) is 4.90 Å². The van der Waals surface area contributed by atoms with Crippen LogP contribution in [0.3, 0.4) is 0 Å². The van der Waals surface area contributed by atoms with Crippen molar-refractivity contribution in [1.29, 1.82) is 0 Å². The molecule has 1 aliphatic carbocycles. The van der Waals surface area contributed by atoms with Crippen LogP contribution in [-0.4, -0.2) is 48.5 Å². The van der Waals surface area contributed by atoms with E-state index < -0.39 is 0 Å². The minimum absolute atomic E-state index is 0.0923. The van der Waals surface area contributed by atoms with Gasteiger partial charge in [0.2, 0.25) is 0 Å². The number of aliphatic hydroxyl groups excluding tert-OH is 1. The molecule has 2 unspecified atom stereocenters. The number of β-amino-alcohol motifs (C(OH)–C–C–N with tert-alkyl or cyclic N) is 1. The lowest BCUT2D eigenvalue weighted by Crippen LogP contribution is -2.44. The fourth-order valence-corrected chi connectivity index (χ4v) is 1.95. The van der Waals surface area contributed by atoms with E-state index in [2.05, 4.69) is 11.8 Å². The molecule has 1 saturated carbocycles. The van der Waals surface area contributed by atoms with Gasteiger partial charge in [-0.1, -0.05) is 0 Å². The fourth-order valence-electron chi connectivity index (χ4n) is 1.95. The van der Waals surface area contributed by atoms with Crippen LogP contribution in [0.1, 0.15) is 19.8 Å². The molecule has 2 aliphatic rings. The van der Waals surface area contributed by atoms with Crippen LogP contribution in [0, 0.1) is 5.92 Å². The summed E-state index contributed by atoms with van der Waals surface area (Å²) in [5, 5.41) is 9.74. The summed E-state index contributed by atoms with van der Waals surface area (Å²) in [5.41, 5.74) is 0. The molecule has 0 aromatic heterocycles. The van der Waals surface area contributed by atoms with Crippen LogP contribution in [0.4, 0.5) is 0 Å².